The van der Waals surface area contributed by atoms with Gasteiger partial charge in [-0.1, -0.05) is 24.6 Å². The van der Waals surface area contributed by atoms with Gasteiger partial charge in [0.05, 0.1) is 0 Å². The number of carbonyl (C=O) groups is 1. The molecule has 80 valence electrons. The fraction of sp³-hybridized carbons (Fsp3) is 0.545. The van der Waals surface area contributed by atoms with E-state index >= 15 is 0 Å². The molecule has 0 aliphatic rings. The van der Waals surface area contributed by atoms with Crippen LogP contribution in [0.5, 0.6) is 0 Å². The SMILES string of the molecule is CC/C(=C/CNCC=C(C)C)C(=O)O. The minimum atomic E-state index is -0.823. The van der Waals surface area contributed by atoms with Crippen LogP contribution in [-0.2, 0) is 4.79 Å². The lowest BCUT2D eigenvalue weighted by Crippen LogP contribution is -2.15. The lowest BCUT2D eigenvalue weighted by molar-refractivity contribution is -0.132. The number of carboxylic acid groups (broad SMARTS) is 1. The van der Waals surface area contributed by atoms with Crippen molar-refractivity contribution in [3.05, 3.63) is 23.3 Å². The zero-order valence-electron chi connectivity index (χ0n) is 9.13. The Hall–Kier alpha value is -1.09. The molecule has 0 fully saturated rings. The summed E-state index contributed by atoms with van der Waals surface area (Å²) in [5, 5.41) is 11.8. The maximum Gasteiger partial charge on any atom is 0.331 e. The molecule has 0 heterocycles. The van der Waals surface area contributed by atoms with Gasteiger partial charge in [-0.25, -0.2) is 4.79 Å². The zero-order valence-corrected chi connectivity index (χ0v) is 9.13. The topological polar surface area (TPSA) is 49.3 Å². The number of rotatable bonds is 6. The predicted molar refractivity (Wildman–Crippen MR) is 58.3 cm³/mol. The van der Waals surface area contributed by atoms with E-state index in [9.17, 15) is 4.79 Å². The van der Waals surface area contributed by atoms with Gasteiger partial charge in [-0.3, -0.25) is 0 Å². The van der Waals surface area contributed by atoms with E-state index < -0.39 is 5.97 Å². The third-order valence-electron chi connectivity index (χ3n) is 1.80. The molecule has 0 saturated carbocycles. The van der Waals surface area contributed by atoms with Crippen molar-refractivity contribution in [1.82, 2.24) is 5.32 Å². The van der Waals surface area contributed by atoms with Crippen LogP contribution in [0.1, 0.15) is 27.2 Å². The quantitative estimate of drug-likeness (QED) is 0.389. The summed E-state index contributed by atoms with van der Waals surface area (Å²) in [5.41, 5.74) is 1.73. The highest BCUT2D eigenvalue weighted by atomic mass is 16.4. The molecule has 0 aromatic rings. The molecule has 14 heavy (non-hydrogen) atoms. The van der Waals surface area contributed by atoms with Crippen molar-refractivity contribution in [2.45, 2.75) is 27.2 Å². The van der Waals surface area contributed by atoms with Crippen molar-refractivity contribution >= 4 is 5.97 Å². The Morgan fingerprint density at radius 3 is 2.29 bits per heavy atom. The third kappa shape index (κ3) is 6.43. The van der Waals surface area contributed by atoms with Crippen LogP contribution in [0, 0.1) is 0 Å². The molecule has 0 aromatic heterocycles. The Morgan fingerprint density at radius 2 is 1.86 bits per heavy atom. The summed E-state index contributed by atoms with van der Waals surface area (Å²) >= 11 is 0. The molecular formula is C11H19NO2. The number of carboxylic acids is 1. The van der Waals surface area contributed by atoms with Crippen molar-refractivity contribution < 1.29 is 9.90 Å². The van der Waals surface area contributed by atoms with E-state index in [1.807, 2.05) is 20.8 Å². The maximum atomic E-state index is 10.6. The van der Waals surface area contributed by atoms with Crippen LogP contribution in [0.3, 0.4) is 0 Å². The van der Waals surface area contributed by atoms with Crippen molar-refractivity contribution in [2.24, 2.45) is 0 Å². The van der Waals surface area contributed by atoms with Gasteiger partial charge in [0.25, 0.3) is 0 Å². The van der Waals surface area contributed by atoms with Gasteiger partial charge in [0.2, 0.25) is 0 Å². The lowest BCUT2D eigenvalue weighted by Gasteiger charge is -1.99. The smallest absolute Gasteiger partial charge is 0.331 e. The molecule has 3 nitrogen and oxygen atoms in total. The summed E-state index contributed by atoms with van der Waals surface area (Å²) in [7, 11) is 0. The summed E-state index contributed by atoms with van der Waals surface area (Å²) < 4.78 is 0. The second-order valence-corrected chi connectivity index (χ2v) is 3.33. The first kappa shape index (κ1) is 12.9. The standard InChI is InChI=1S/C11H19NO2/c1-4-10(11(13)14)6-8-12-7-5-9(2)3/h5-6,12H,4,7-8H2,1-3H3,(H,13,14)/b10-6-. The number of allylic oxidation sites excluding steroid dienone is 1. The van der Waals surface area contributed by atoms with Crippen molar-refractivity contribution in [3.8, 4) is 0 Å². The third-order valence-corrected chi connectivity index (χ3v) is 1.80. The molecule has 2 N–H and O–H groups in total. The molecule has 0 aromatic carbocycles. The molecular weight excluding hydrogens is 178 g/mol. The molecule has 0 radical (unpaired) electrons. The Bertz CT molecular complexity index is 238. The molecule has 0 rings (SSSR count). The molecule has 0 atom stereocenters. The molecule has 0 bridgehead atoms. The van der Waals surface area contributed by atoms with E-state index in [2.05, 4.69) is 11.4 Å². The van der Waals surface area contributed by atoms with E-state index in [-0.39, 0.29) is 0 Å². The first-order valence-electron chi connectivity index (χ1n) is 4.84. The van der Waals surface area contributed by atoms with Gasteiger partial charge in [0, 0.05) is 18.7 Å². The normalized spacial score (nSPS) is 11.2. The molecule has 0 amide bonds. The number of nitrogens with one attached hydrogen (secondary N) is 1. The van der Waals surface area contributed by atoms with Crippen molar-refractivity contribution in [3.63, 3.8) is 0 Å². The molecule has 0 unspecified atom stereocenters. The van der Waals surface area contributed by atoms with E-state index in [0.717, 1.165) is 6.54 Å². The minimum Gasteiger partial charge on any atom is -0.478 e. The summed E-state index contributed by atoms with van der Waals surface area (Å²) in [6, 6.07) is 0. The van der Waals surface area contributed by atoms with Crippen LogP contribution in [0.2, 0.25) is 0 Å². The zero-order chi connectivity index (χ0) is 11.0. The van der Waals surface area contributed by atoms with Gasteiger partial charge in [0.15, 0.2) is 0 Å². The first-order chi connectivity index (χ1) is 6.57. The van der Waals surface area contributed by atoms with Crippen LogP contribution in [-0.4, -0.2) is 24.2 Å². The van der Waals surface area contributed by atoms with Gasteiger partial charge in [-0.15, -0.1) is 0 Å². The Labute approximate surface area is 85.5 Å². The summed E-state index contributed by atoms with van der Waals surface area (Å²) in [4.78, 5) is 10.6. The van der Waals surface area contributed by atoms with E-state index in [1.165, 1.54) is 5.57 Å². The number of hydrogen-bond donors (Lipinski definition) is 2. The van der Waals surface area contributed by atoms with Gasteiger partial charge in [-0.05, 0) is 20.3 Å². The predicted octanol–water partition coefficient (Wildman–Crippen LogP) is 1.96. The second-order valence-electron chi connectivity index (χ2n) is 3.33. The van der Waals surface area contributed by atoms with Crippen molar-refractivity contribution in [1.29, 1.82) is 0 Å². The van der Waals surface area contributed by atoms with Crippen LogP contribution < -0.4 is 5.32 Å². The van der Waals surface area contributed by atoms with Crippen LogP contribution in [0.4, 0.5) is 0 Å². The average molecular weight is 197 g/mol. The summed E-state index contributed by atoms with van der Waals surface area (Å²) in [6.07, 6.45) is 4.36. The van der Waals surface area contributed by atoms with Gasteiger partial charge < -0.3 is 10.4 Å². The van der Waals surface area contributed by atoms with E-state index in [0.29, 0.717) is 18.5 Å². The highest BCUT2D eigenvalue weighted by Crippen LogP contribution is 1.98. The molecule has 0 aliphatic carbocycles. The minimum absolute atomic E-state index is 0.467. The van der Waals surface area contributed by atoms with Crippen LogP contribution in [0.25, 0.3) is 0 Å². The molecule has 0 spiro atoms. The van der Waals surface area contributed by atoms with Crippen molar-refractivity contribution in [2.75, 3.05) is 13.1 Å². The van der Waals surface area contributed by atoms with Gasteiger partial charge >= 0.3 is 5.97 Å². The Kier molecular flexibility index (Phi) is 6.76. The Balaban J connectivity index is 3.80. The monoisotopic (exact) mass is 197 g/mol. The van der Waals surface area contributed by atoms with Gasteiger partial charge in [-0.2, -0.15) is 0 Å². The van der Waals surface area contributed by atoms with E-state index in [4.69, 9.17) is 5.11 Å². The second kappa shape index (κ2) is 7.33. The highest BCUT2D eigenvalue weighted by Gasteiger charge is 2.01. The average Bonchev–Trinajstić information content (AvgIpc) is 2.10. The van der Waals surface area contributed by atoms with E-state index in [1.54, 1.807) is 6.08 Å². The maximum absolute atomic E-state index is 10.6. The number of aliphatic carboxylic acids is 1. The molecule has 3 heteroatoms. The fourth-order valence-electron chi connectivity index (χ4n) is 0.938. The fourth-order valence-corrected chi connectivity index (χ4v) is 0.938. The number of hydrogen-bond acceptors (Lipinski definition) is 2. The van der Waals surface area contributed by atoms with Crippen LogP contribution >= 0.6 is 0 Å². The van der Waals surface area contributed by atoms with Crippen LogP contribution in [0.15, 0.2) is 23.3 Å². The summed E-state index contributed by atoms with van der Waals surface area (Å²) in [5.74, 6) is -0.823. The summed E-state index contributed by atoms with van der Waals surface area (Å²) in [6.45, 7) is 7.31. The first-order valence-corrected chi connectivity index (χ1v) is 4.84. The Morgan fingerprint density at radius 1 is 1.29 bits per heavy atom. The molecule has 0 saturated heterocycles. The largest absolute Gasteiger partial charge is 0.478 e. The highest BCUT2D eigenvalue weighted by molar-refractivity contribution is 5.86. The lowest BCUT2D eigenvalue weighted by atomic mass is 10.2. The molecule has 0 aliphatic heterocycles. The van der Waals surface area contributed by atoms with Gasteiger partial charge in [0.1, 0.15) is 0 Å².